The first kappa shape index (κ1) is 37.7. The van der Waals surface area contributed by atoms with Crippen LogP contribution in [0.15, 0.2) is 211 Å². The van der Waals surface area contributed by atoms with Crippen molar-refractivity contribution in [2.24, 2.45) is 0 Å². The zero-order chi connectivity index (χ0) is 43.6. The van der Waals surface area contributed by atoms with Gasteiger partial charge in [-0.05, 0) is 139 Å². The highest BCUT2D eigenvalue weighted by Gasteiger charge is 2.49. The van der Waals surface area contributed by atoms with Gasteiger partial charge in [-0.1, -0.05) is 155 Å². The Balaban J connectivity index is 1.03. The molecule has 1 aromatic heterocycles. The molecule has 0 aliphatic heterocycles. The summed E-state index contributed by atoms with van der Waals surface area (Å²) in [6.45, 7) is 9.75. The van der Waals surface area contributed by atoms with Crippen molar-refractivity contribution in [1.82, 2.24) is 0 Å². The van der Waals surface area contributed by atoms with E-state index in [2.05, 4.69) is 244 Å². The molecule has 2 aliphatic carbocycles. The molecule has 3 heteroatoms. The van der Waals surface area contributed by atoms with Crippen LogP contribution in [-0.4, -0.2) is 0 Å². The monoisotopic (exact) mass is 834 g/mol. The van der Waals surface area contributed by atoms with Gasteiger partial charge in [0.1, 0.15) is 11.2 Å². The van der Waals surface area contributed by atoms with E-state index in [4.69, 9.17) is 4.42 Å². The molecule has 65 heavy (non-hydrogen) atoms. The molecular weight excluding hydrogens is 789 g/mol. The molecule has 2 aliphatic rings. The van der Waals surface area contributed by atoms with Crippen LogP contribution in [0, 0.1) is 0 Å². The van der Waals surface area contributed by atoms with Crippen LogP contribution in [0.4, 0.5) is 34.1 Å². The third-order valence-corrected chi connectivity index (χ3v) is 14.5. The van der Waals surface area contributed by atoms with Gasteiger partial charge in [0, 0.05) is 61.3 Å². The Bertz CT molecular complexity index is 3730. The van der Waals surface area contributed by atoms with Crippen LogP contribution in [-0.2, 0) is 10.8 Å². The van der Waals surface area contributed by atoms with Gasteiger partial charge in [0.05, 0.1) is 0 Å². The van der Waals surface area contributed by atoms with E-state index in [0.717, 1.165) is 50.7 Å². The van der Waals surface area contributed by atoms with Crippen LogP contribution in [0.25, 0.3) is 65.7 Å². The summed E-state index contributed by atoms with van der Waals surface area (Å²) in [7, 11) is 0. The van der Waals surface area contributed by atoms with Gasteiger partial charge >= 0.3 is 0 Å². The Hall–Kier alpha value is -7.88. The first-order valence-electron chi connectivity index (χ1n) is 22.8. The van der Waals surface area contributed by atoms with E-state index in [1.807, 2.05) is 0 Å². The molecule has 0 amide bonds. The summed E-state index contributed by atoms with van der Waals surface area (Å²) in [5.41, 5.74) is 18.4. The van der Waals surface area contributed by atoms with Crippen LogP contribution < -0.4 is 9.80 Å². The van der Waals surface area contributed by atoms with Gasteiger partial charge in [-0.3, -0.25) is 0 Å². The fraction of sp³-hybridized carbons (Fsp3) is 0.0968. The summed E-state index contributed by atoms with van der Waals surface area (Å²) in [6, 6.07) is 75.3. The minimum atomic E-state index is -0.354. The third kappa shape index (κ3) is 5.48. The lowest BCUT2D eigenvalue weighted by Gasteiger charge is -2.32. The average Bonchev–Trinajstić information content (AvgIpc) is 3.92. The number of rotatable bonds is 6. The highest BCUT2D eigenvalue weighted by atomic mass is 16.3. The van der Waals surface area contributed by atoms with Crippen molar-refractivity contribution in [3.63, 3.8) is 0 Å². The highest BCUT2D eigenvalue weighted by Crippen LogP contribution is 2.64. The molecule has 0 spiro atoms. The molecule has 11 aromatic rings. The lowest BCUT2D eigenvalue weighted by Crippen LogP contribution is -2.24. The van der Waals surface area contributed by atoms with Gasteiger partial charge in [0.15, 0.2) is 0 Å². The number of benzene rings is 10. The molecular formula is C62H46N2O. The Morgan fingerprint density at radius 2 is 0.769 bits per heavy atom. The molecule has 10 aromatic carbocycles. The van der Waals surface area contributed by atoms with Crippen molar-refractivity contribution in [1.29, 1.82) is 0 Å². The number of nitrogens with zero attached hydrogens (tertiary/aromatic N) is 2. The first-order valence-corrected chi connectivity index (χ1v) is 22.8. The zero-order valence-corrected chi connectivity index (χ0v) is 36.9. The highest BCUT2D eigenvalue weighted by molar-refractivity contribution is 6.21. The number of furan rings is 1. The SMILES string of the molecule is CC1(C)c2cc(N(c3ccccc3)c3ccc4ccccc4c3)ccc2-c2c1c1c(c3c2oc2ccccc23)-c2ccc(N(c3ccccc3)c3ccc4ccccc4c3)cc2C1(C)C. The summed E-state index contributed by atoms with van der Waals surface area (Å²) in [5, 5.41) is 7.27. The number of hydrogen-bond acceptors (Lipinski definition) is 3. The standard InChI is InChI=1S/C62H46N2O/c1-61(2)52-37-47(63(43-21-7-5-8-22-43)45-29-27-39-17-11-13-19-41(39)35-45)31-33-49(52)55-56-51-25-15-16-26-54(51)65-60(56)57-50-34-32-48(38-53(50)62(3,4)59(57)58(55)61)64(44-23-9-6-10-24-44)46-30-28-40-18-12-14-20-42(40)36-46/h5-38H,1-4H3. The van der Waals surface area contributed by atoms with Crippen molar-refractivity contribution in [2.75, 3.05) is 9.80 Å². The number of hydrogen-bond donors (Lipinski definition) is 0. The quantitative estimate of drug-likeness (QED) is 0.166. The molecule has 0 saturated carbocycles. The van der Waals surface area contributed by atoms with E-state index < -0.39 is 0 Å². The lowest BCUT2D eigenvalue weighted by molar-refractivity contribution is 0.600. The predicted octanol–water partition coefficient (Wildman–Crippen LogP) is 17.4. The second-order valence-electron chi connectivity index (χ2n) is 18.9. The van der Waals surface area contributed by atoms with Gasteiger partial charge in [0.2, 0.25) is 0 Å². The van der Waals surface area contributed by atoms with Crippen LogP contribution in [0.5, 0.6) is 0 Å². The van der Waals surface area contributed by atoms with Crippen LogP contribution in [0.2, 0.25) is 0 Å². The number of fused-ring (bicyclic) bond motifs is 14. The molecule has 0 N–H and O–H groups in total. The molecule has 0 fully saturated rings. The second kappa shape index (κ2) is 13.8. The van der Waals surface area contributed by atoms with Gasteiger partial charge in [0.25, 0.3) is 0 Å². The number of anilines is 6. The molecule has 0 bridgehead atoms. The maximum Gasteiger partial charge on any atom is 0.144 e. The maximum absolute atomic E-state index is 7.11. The van der Waals surface area contributed by atoms with Crippen LogP contribution in [0.1, 0.15) is 49.9 Å². The van der Waals surface area contributed by atoms with E-state index in [-0.39, 0.29) is 10.8 Å². The molecule has 0 saturated heterocycles. The van der Waals surface area contributed by atoms with Crippen LogP contribution in [0.3, 0.4) is 0 Å². The van der Waals surface area contributed by atoms with E-state index in [1.54, 1.807) is 0 Å². The topological polar surface area (TPSA) is 19.6 Å². The molecule has 13 rings (SSSR count). The smallest absolute Gasteiger partial charge is 0.144 e. The summed E-state index contributed by atoms with van der Waals surface area (Å²) in [6.07, 6.45) is 0. The van der Waals surface area contributed by atoms with Gasteiger partial charge in [-0.25, -0.2) is 0 Å². The molecule has 310 valence electrons. The molecule has 0 unspecified atom stereocenters. The van der Waals surface area contributed by atoms with Crippen LogP contribution >= 0.6 is 0 Å². The third-order valence-electron chi connectivity index (χ3n) is 14.5. The Morgan fingerprint density at radius 1 is 0.354 bits per heavy atom. The van der Waals surface area contributed by atoms with Crippen molar-refractivity contribution in [2.45, 2.75) is 38.5 Å². The Morgan fingerprint density at radius 3 is 1.31 bits per heavy atom. The normalized spacial score (nSPS) is 14.1. The first-order chi connectivity index (χ1) is 31.8. The average molecular weight is 835 g/mol. The summed E-state index contributed by atoms with van der Waals surface area (Å²) in [4.78, 5) is 4.82. The molecule has 0 atom stereocenters. The van der Waals surface area contributed by atoms with Crippen molar-refractivity contribution < 1.29 is 4.42 Å². The van der Waals surface area contributed by atoms with Crippen molar-refractivity contribution >= 4 is 77.6 Å². The van der Waals surface area contributed by atoms with Gasteiger partial charge in [-0.2, -0.15) is 0 Å². The summed E-state index contributed by atoms with van der Waals surface area (Å²) >= 11 is 0. The van der Waals surface area contributed by atoms with Crippen molar-refractivity contribution in [3.8, 4) is 22.3 Å². The number of para-hydroxylation sites is 3. The Labute approximate surface area is 379 Å². The lowest BCUT2D eigenvalue weighted by atomic mass is 9.72. The van der Waals surface area contributed by atoms with Gasteiger partial charge < -0.3 is 14.2 Å². The summed E-state index contributed by atoms with van der Waals surface area (Å²) < 4.78 is 7.11. The molecule has 0 radical (unpaired) electrons. The molecule has 1 heterocycles. The van der Waals surface area contributed by atoms with E-state index in [1.165, 1.54) is 71.4 Å². The van der Waals surface area contributed by atoms with E-state index >= 15 is 0 Å². The minimum absolute atomic E-state index is 0.341. The molecule has 3 nitrogen and oxygen atoms in total. The van der Waals surface area contributed by atoms with E-state index in [9.17, 15) is 0 Å². The summed E-state index contributed by atoms with van der Waals surface area (Å²) in [5.74, 6) is 0. The predicted molar refractivity (Wildman–Crippen MR) is 273 cm³/mol. The fourth-order valence-corrected chi connectivity index (χ4v) is 11.5. The zero-order valence-electron chi connectivity index (χ0n) is 36.9. The minimum Gasteiger partial charge on any atom is -0.455 e. The maximum atomic E-state index is 7.11. The van der Waals surface area contributed by atoms with E-state index in [0.29, 0.717) is 0 Å². The Kier molecular flexibility index (Phi) is 8.00. The van der Waals surface area contributed by atoms with Gasteiger partial charge in [-0.15, -0.1) is 0 Å². The fourth-order valence-electron chi connectivity index (χ4n) is 11.5. The van der Waals surface area contributed by atoms with Crippen molar-refractivity contribution in [3.05, 3.63) is 229 Å². The largest absolute Gasteiger partial charge is 0.455 e. The second-order valence-corrected chi connectivity index (χ2v) is 18.9.